The van der Waals surface area contributed by atoms with E-state index in [9.17, 15) is 0 Å². The fourth-order valence-electron chi connectivity index (χ4n) is 2.50. The molecule has 1 aromatic carbocycles. The first-order chi connectivity index (χ1) is 11.2. The zero-order valence-corrected chi connectivity index (χ0v) is 14.6. The second kappa shape index (κ2) is 7.21. The average Bonchev–Trinajstić information content (AvgIpc) is 3.30. The van der Waals surface area contributed by atoms with Crippen LogP contribution < -0.4 is 4.74 Å². The summed E-state index contributed by atoms with van der Waals surface area (Å²) in [5.41, 5.74) is 2.39. The van der Waals surface area contributed by atoms with Crippen LogP contribution in [0, 0.1) is 13.8 Å². The van der Waals surface area contributed by atoms with Gasteiger partial charge in [-0.2, -0.15) is 0 Å². The molecule has 0 amide bonds. The lowest BCUT2D eigenvalue weighted by atomic mass is 10.1. The van der Waals surface area contributed by atoms with Gasteiger partial charge in [-0.3, -0.25) is 0 Å². The number of ether oxygens (including phenoxy) is 1. The van der Waals surface area contributed by atoms with Crippen LogP contribution in [0.25, 0.3) is 0 Å². The molecule has 1 fully saturated rings. The maximum atomic E-state index is 5.91. The van der Waals surface area contributed by atoms with E-state index in [1.165, 1.54) is 24.0 Å². The maximum absolute atomic E-state index is 5.91. The van der Waals surface area contributed by atoms with Gasteiger partial charge in [0.05, 0.1) is 6.61 Å². The number of aryl methyl sites for hydroxylation is 2. The Balaban J connectivity index is 1.56. The fraction of sp³-hybridized carbons (Fsp3) is 0.444. The molecule has 2 aromatic rings. The maximum Gasteiger partial charge on any atom is 0.191 e. The molecule has 0 unspecified atom stereocenters. The Kier molecular flexibility index (Phi) is 5.06. The van der Waals surface area contributed by atoms with Gasteiger partial charge in [-0.15, -0.1) is 16.8 Å². The summed E-state index contributed by atoms with van der Waals surface area (Å²) in [6, 6.07) is 6.29. The Hall–Kier alpha value is -1.75. The van der Waals surface area contributed by atoms with Crippen LogP contribution in [0.3, 0.4) is 0 Å². The van der Waals surface area contributed by atoms with Crippen molar-refractivity contribution >= 4 is 11.8 Å². The summed E-state index contributed by atoms with van der Waals surface area (Å²) in [4.78, 5) is 0. The zero-order valence-electron chi connectivity index (χ0n) is 13.8. The first-order valence-electron chi connectivity index (χ1n) is 8.06. The predicted molar refractivity (Wildman–Crippen MR) is 94.3 cm³/mol. The van der Waals surface area contributed by atoms with Crippen molar-refractivity contribution in [3.8, 4) is 5.75 Å². The lowest BCUT2D eigenvalue weighted by Gasteiger charge is -2.10. The van der Waals surface area contributed by atoms with Crippen molar-refractivity contribution in [3.05, 3.63) is 47.8 Å². The van der Waals surface area contributed by atoms with Gasteiger partial charge in [-0.25, -0.2) is 0 Å². The molecule has 5 heteroatoms. The predicted octanol–water partition coefficient (Wildman–Crippen LogP) is 4.13. The molecule has 1 heterocycles. The van der Waals surface area contributed by atoms with Gasteiger partial charge in [0.2, 0.25) is 0 Å². The number of rotatable bonds is 8. The molecule has 3 rings (SSSR count). The van der Waals surface area contributed by atoms with E-state index in [-0.39, 0.29) is 0 Å². The van der Waals surface area contributed by atoms with Crippen molar-refractivity contribution in [1.29, 1.82) is 0 Å². The van der Waals surface area contributed by atoms with Crippen LogP contribution in [0.2, 0.25) is 0 Å². The van der Waals surface area contributed by atoms with Crippen molar-refractivity contribution in [2.45, 2.75) is 44.3 Å². The smallest absolute Gasteiger partial charge is 0.191 e. The molecule has 0 N–H and O–H groups in total. The highest BCUT2D eigenvalue weighted by Crippen LogP contribution is 2.40. The zero-order chi connectivity index (χ0) is 16.2. The van der Waals surface area contributed by atoms with Crippen molar-refractivity contribution in [2.75, 3.05) is 12.4 Å². The summed E-state index contributed by atoms with van der Waals surface area (Å²) >= 11 is 1.70. The lowest BCUT2D eigenvalue weighted by Crippen LogP contribution is -2.05. The molecule has 0 radical (unpaired) electrons. The molecule has 122 valence electrons. The number of allylic oxidation sites excluding steroid dienone is 1. The third-order valence-corrected chi connectivity index (χ3v) is 4.85. The van der Waals surface area contributed by atoms with Gasteiger partial charge >= 0.3 is 0 Å². The Labute approximate surface area is 142 Å². The van der Waals surface area contributed by atoms with E-state index < -0.39 is 0 Å². The molecular weight excluding hydrogens is 306 g/mol. The highest BCUT2D eigenvalue weighted by molar-refractivity contribution is 7.99. The van der Waals surface area contributed by atoms with Crippen LogP contribution in [0.5, 0.6) is 5.75 Å². The number of thioether (sulfide) groups is 1. The molecule has 0 aliphatic heterocycles. The fourth-order valence-corrected chi connectivity index (χ4v) is 3.27. The monoisotopic (exact) mass is 329 g/mol. The molecular formula is C18H23N3OS. The standard InChI is InChI=1S/C18H23N3OS/c1-4-9-21-17(15-7-8-15)19-20-18(21)23-11-10-22-16-12-13(2)5-6-14(16)3/h4-6,12,15H,1,7-11H2,2-3H3. The Morgan fingerprint density at radius 1 is 1.35 bits per heavy atom. The number of hydrogen-bond acceptors (Lipinski definition) is 4. The molecule has 1 saturated carbocycles. The topological polar surface area (TPSA) is 39.9 Å². The van der Waals surface area contributed by atoms with Crippen LogP contribution in [0.15, 0.2) is 36.0 Å². The van der Waals surface area contributed by atoms with Crippen LogP contribution in [-0.2, 0) is 6.54 Å². The van der Waals surface area contributed by atoms with E-state index in [0.29, 0.717) is 12.5 Å². The Bertz CT molecular complexity index is 692. The molecule has 0 atom stereocenters. The third-order valence-electron chi connectivity index (χ3n) is 3.92. The molecule has 0 saturated heterocycles. The summed E-state index contributed by atoms with van der Waals surface area (Å²) in [5, 5.41) is 9.68. The highest BCUT2D eigenvalue weighted by atomic mass is 32.2. The molecule has 0 spiro atoms. The van der Waals surface area contributed by atoms with Crippen LogP contribution in [0.4, 0.5) is 0 Å². The summed E-state index contributed by atoms with van der Waals surface area (Å²) in [7, 11) is 0. The van der Waals surface area contributed by atoms with Crippen LogP contribution in [0.1, 0.15) is 35.7 Å². The molecule has 1 aliphatic carbocycles. The number of benzene rings is 1. The molecule has 0 bridgehead atoms. The number of hydrogen-bond donors (Lipinski definition) is 0. The van der Waals surface area contributed by atoms with Gasteiger partial charge in [0.25, 0.3) is 0 Å². The molecule has 4 nitrogen and oxygen atoms in total. The van der Waals surface area contributed by atoms with Gasteiger partial charge in [-0.1, -0.05) is 30.0 Å². The van der Waals surface area contributed by atoms with Crippen molar-refractivity contribution in [2.24, 2.45) is 0 Å². The molecule has 1 aliphatic rings. The van der Waals surface area contributed by atoms with E-state index in [0.717, 1.165) is 29.0 Å². The third kappa shape index (κ3) is 3.96. The second-order valence-corrected chi connectivity index (χ2v) is 7.04. The second-order valence-electron chi connectivity index (χ2n) is 5.98. The Morgan fingerprint density at radius 3 is 2.91 bits per heavy atom. The van der Waals surface area contributed by atoms with Crippen molar-refractivity contribution < 1.29 is 4.74 Å². The van der Waals surface area contributed by atoms with Gasteiger partial charge in [0, 0.05) is 18.2 Å². The van der Waals surface area contributed by atoms with Gasteiger partial charge in [0.15, 0.2) is 5.16 Å². The number of aromatic nitrogens is 3. The summed E-state index contributed by atoms with van der Waals surface area (Å²) in [6.45, 7) is 9.43. The summed E-state index contributed by atoms with van der Waals surface area (Å²) in [5.74, 6) is 3.54. The van der Waals surface area contributed by atoms with E-state index in [4.69, 9.17) is 4.74 Å². The molecule has 1 aromatic heterocycles. The van der Waals surface area contributed by atoms with E-state index in [1.54, 1.807) is 11.8 Å². The van der Waals surface area contributed by atoms with E-state index in [2.05, 4.69) is 53.4 Å². The SMILES string of the molecule is C=CCn1c(SCCOc2cc(C)ccc2C)nnc1C1CC1. The molecule has 23 heavy (non-hydrogen) atoms. The van der Waals surface area contributed by atoms with Crippen molar-refractivity contribution in [3.63, 3.8) is 0 Å². The van der Waals surface area contributed by atoms with Gasteiger partial charge in [0.1, 0.15) is 11.6 Å². The van der Waals surface area contributed by atoms with Crippen molar-refractivity contribution in [1.82, 2.24) is 14.8 Å². The van der Waals surface area contributed by atoms with Gasteiger partial charge < -0.3 is 9.30 Å². The first-order valence-corrected chi connectivity index (χ1v) is 9.04. The van der Waals surface area contributed by atoms with Gasteiger partial charge in [-0.05, 0) is 43.9 Å². The summed E-state index contributed by atoms with van der Waals surface area (Å²) < 4.78 is 8.10. The first kappa shape index (κ1) is 16.1. The van der Waals surface area contributed by atoms with Crippen LogP contribution >= 0.6 is 11.8 Å². The minimum Gasteiger partial charge on any atom is -0.492 e. The highest BCUT2D eigenvalue weighted by Gasteiger charge is 2.30. The number of nitrogens with zero attached hydrogens (tertiary/aromatic N) is 3. The van der Waals surface area contributed by atoms with Crippen LogP contribution in [-0.4, -0.2) is 27.1 Å². The minimum absolute atomic E-state index is 0.600. The largest absolute Gasteiger partial charge is 0.492 e. The quantitative estimate of drug-likeness (QED) is 0.415. The van der Waals surface area contributed by atoms with E-state index in [1.807, 2.05) is 6.08 Å². The van der Waals surface area contributed by atoms with E-state index >= 15 is 0 Å². The lowest BCUT2D eigenvalue weighted by molar-refractivity contribution is 0.341. The normalized spacial score (nSPS) is 14.0. The minimum atomic E-state index is 0.600. The summed E-state index contributed by atoms with van der Waals surface area (Å²) in [6.07, 6.45) is 4.37. The average molecular weight is 329 g/mol. The Morgan fingerprint density at radius 2 is 2.17 bits per heavy atom.